The number of aromatic nitrogens is 2. The van der Waals surface area contributed by atoms with Gasteiger partial charge in [-0.3, -0.25) is 9.59 Å². The van der Waals surface area contributed by atoms with Crippen LogP contribution in [0.3, 0.4) is 0 Å². The van der Waals surface area contributed by atoms with Gasteiger partial charge in [0.15, 0.2) is 5.82 Å². The molecule has 0 aliphatic carbocycles. The van der Waals surface area contributed by atoms with Crippen LogP contribution in [-0.4, -0.2) is 29.6 Å². The molecule has 0 radical (unpaired) electrons. The first-order valence-corrected chi connectivity index (χ1v) is 9.52. The van der Waals surface area contributed by atoms with Crippen LogP contribution in [-0.2, 0) is 11.3 Å². The van der Waals surface area contributed by atoms with Gasteiger partial charge >= 0.3 is 0 Å². The van der Waals surface area contributed by atoms with Crippen LogP contribution in [0.15, 0.2) is 59.4 Å². The quantitative estimate of drug-likeness (QED) is 0.686. The Balaban J connectivity index is 1.80. The first-order valence-electron chi connectivity index (χ1n) is 9.52. The Morgan fingerprint density at radius 3 is 2.46 bits per heavy atom. The van der Waals surface area contributed by atoms with E-state index in [0.29, 0.717) is 12.4 Å². The van der Waals surface area contributed by atoms with Crippen LogP contribution in [0.25, 0.3) is 11.0 Å². The minimum absolute atomic E-state index is 0.0306. The van der Waals surface area contributed by atoms with E-state index in [2.05, 4.69) is 10.3 Å². The number of hydrogen-bond acceptors (Lipinski definition) is 4. The van der Waals surface area contributed by atoms with E-state index in [1.165, 1.54) is 0 Å². The molecule has 1 unspecified atom stereocenters. The standard InChI is InChI=1S/C22H26N4O2/c1-4-17(16-10-6-5-7-11-16)23-20(27)14-15-26-19-13-9-8-12-18(19)24-21(22(26)28)25(2)3/h5-13,17H,4,14-15H2,1-3H3,(H,23,27). The topological polar surface area (TPSA) is 67.2 Å². The third-order valence-electron chi connectivity index (χ3n) is 4.77. The van der Waals surface area contributed by atoms with Gasteiger partial charge in [-0.15, -0.1) is 0 Å². The molecule has 0 bridgehead atoms. The molecule has 1 heterocycles. The van der Waals surface area contributed by atoms with Crippen LogP contribution < -0.4 is 15.8 Å². The summed E-state index contributed by atoms with van der Waals surface area (Å²) in [6.07, 6.45) is 1.03. The lowest BCUT2D eigenvalue weighted by atomic mass is 10.0. The highest BCUT2D eigenvalue weighted by Gasteiger charge is 2.15. The minimum atomic E-state index is -0.188. The number of rotatable bonds is 7. The van der Waals surface area contributed by atoms with Gasteiger partial charge in [-0.05, 0) is 24.1 Å². The number of carbonyl (C=O) groups excluding carboxylic acids is 1. The number of fused-ring (bicyclic) bond motifs is 1. The molecule has 28 heavy (non-hydrogen) atoms. The van der Waals surface area contributed by atoms with Gasteiger partial charge in [-0.2, -0.15) is 0 Å². The summed E-state index contributed by atoms with van der Waals surface area (Å²) in [4.78, 5) is 31.6. The summed E-state index contributed by atoms with van der Waals surface area (Å²) in [6, 6.07) is 17.4. The van der Waals surface area contributed by atoms with Crippen molar-refractivity contribution in [2.45, 2.75) is 32.4 Å². The SMILES string of the molecule is CCC(NC(=O)CCn1c(=O)c(N(C)C)nc2ccccc21)c1ccccc1. The molecule has 1 aromatic heterocycles. The van der Waals surface area contributed by atoms with Gasteiger partial charge in [0, 0.05) is 27.1 Å². The number of carbonyl (C=O) groups is 1. The molecule has 0 saturated carbocycles. The van der Waals surface area contributed by atoms with Crippen molar-refractivity contribution >= 4 is 22.8 Å². The van der Waals surface area contributed by atoms with E-state index in [9.17, 15) is 9.59 Å². The van der Waals surface area contributed by atoms with E-state index in [4.69, 9.17) is 0 Å². The highest BCUT2D eigenvalue weighted by Crippen LogP contribution is 2.17. The number of hydrogen-bond donors (Lipinski definition) is 1. The number of anilines is 1. The average molecular weight is 378 g/mol. The van der Waals surface area contributed by atoms with Crippen LogP contribution in [0.2, 0.25) is 0 Å². The zero-order valence-corrected chi connectivity index (χ0v) is 16.6. The van der Waals surface area contributed by atoms with Crippen molar-refractivity contribution in [2.75, 3.05) is 19.0 Å². The molecule has 0 aliphatic rings. The molecule has 6 heteroatoms. The fraction of sp³-hybridized carbons (Fsp3) is 0.318. The normalized spacial score (nSPS) is 12.0. The molecule has 0 aliphatic heterocycles. The maximum Gasteiger partial charge on any atom is 0.293 e. The molecular formula is C22H26N4O2. The summed E-state index contributed by atoms with van der Waals surface area (Å²) < 4.78 is 1.64. The molecule has 2 aromatic carbocycles. The van der Waals surface area contributed by atoms with E-state index in [1.54, 1.807) is 23.6 Å². The lowest BCUT2D eigenvalue weighted by Gasteiger charge is -2.19. The van der Waals surface area contributed by atoms with Crippen LogP contribution >= 0.6 is 0 Å². The van der Waals surface area contributed by atoms with E-state index < -0.39 is 0 Å². The van der Waals surface area contributed by atoms with Crippen molar-refractivity contribution in [3.8, 4) is 0 Å². The summed E-state index contributed by atoms with van der Waals surface area (Å²) in [5.74, 6) is 0.296. The first-order chi connectivity index (χ1) is 13.5. The summed E-state index contributed by atoms with van der Waals surface area (Å²) in [6.45, 7) is 2.35. The smallest absolute Gasteiger partial charge is 0.293 e. The predicted molar refractivity (Wildman–Crippen MR) is 113 cm³/mol. The second kappa shape index (κ2) is 8.69. The van der Waals surface area contributed by atoms with E-state index >= 15 is 0 Å². The molecule has 0 saturated heterocycles. The summed E-state index contributed by atoms with van der Waals surface area (Å²) in [5, 5.41) is 3.08. The molecule has 3 rings (SSSR count). The lowest BCUT2D eigenvalue weighted by Crippen LogP contribution is -2.32. The van der Waals surface area contributed by atoms with Crippen molar-refractivity contribution < 1.29 is 4.79 Å². The maximum atomic E-state index is 12.9. The average Bonchev–Trinajstić information content (AvgIpc) is 2.71. The highest BCUT2D eigenvalue weighted by molar-refractivity contribution is 5.78. The van der Waals surface area contributed by atoms with Gasteiger partial charge in [0.05, 0.1) is 17.1 Å². The largest absolute Gasteiger partial charge is 0.358 e. The van der Waals surface area contributed by atoms with Crippen molar-refractivity contribution in [2.24, 2.45) is 0 Å². The number of benzene rings is 2. The molecule has 1 atom stereocenters. The lowest BCUT2D eigenvalue weighted by molar-refractivity contribution is -0.122. The van der Waals surface area contributed by atoms with E-state index in [0.717, 1.165) is 23.0 Å². The molecule has 3 aromatic rings. The molecule has 6 nitrogen and oxygen atoms in total. The number of aryl methyl sites for hydroxylation is 1. The van der Waals surface area contributed by atoms with Gasteiger partial charge in [-0.1, -0.05) is 49.4 Å². The fourth-order valence-electron chi connectivity index (χ4n) is 3.28. The Morgan fingerprint density at radius 1 is 1.11 bits per heavy atom. The van der Waals surface area contributed by atoms with Gasteiger partial charge in [0.25, 0.3) is 5.56 Å². The van der Waals surface area contributed by atoms with E-state index in [-0.39, 0.29) is 23.9 Å². The second-order valence-electron chi connectivity index (χ2n) is 6.96. The van der Waals surface area contributed by atoms with Crippen molar-refractivity contribution in [3.63, 3.8) is 0 Å². The summed E-state index contributed by atoms with van der Waals surface area (Å²) in [7, 11) is 3.59. The Hall–Kier alpha value is -3.15. The number of nitrogens with one attached hydrogen (secondary N) is 1. The van der Waals surface area contributed by atoms with Crippen LogP contribution in [0.1, 0.15) is 31.4 Å². The Kier molecular flexibility index (Phi) is 6.09. The second-order valence-corrected chi connectivity index (χ2v) is 6.96. The Bertz CT molecular complexity index is 1010. The molecule has 0 spiro atoms. The van der Waals surface area contributed by atoms with Crippen molar-refractivity contribution in [1.82, 2.24) is 14.9 Å². The van der Waals surface area contributed by atoms with Gasteiger partial charge in [0.2, 0.25) is 5.91 Å². The molecule has 146 valence electrons. The zero-order chi connectivity index (χ0) is 20.1. The monoisotopic (exact) mass is 378 g/mol. The zero-order valence-electron chi connectivity index (χ0n) is 16.6. The minimum Gasteiger partial charge on any atom is -0.358 e. The summed E-state index contributed by atoms with van der Waals surface area (Å²) in [5.41, 5.74) is 2.37. The van der Waals surface area contributed by atoms with E-state index in [1.807, 2.05) is 61.5 Å². The van der Waals surface area contributed by atoms with Crippen molar-refractivity contribution in [3.05, 3.63) is 70.5 Å². The third-order valence-corrected chi connectivity index (χ3v) is 4.77. The third kappa shape index (κ3) is 4.22. The highest BCUT2D eigenvalue weighted by atomic mass is 16.2. The maximum absolute atomic E-state index is 12.9. The predicted octanol–water partition coefficient (Wildman–Crippen LogP) is 3.12. The van der Waals surface area contributed by atoms with Gasteiger partial charge < -0.3 is 14.8 Å². The Morgan fingerprint density at radius 2 is 1.79 bits per heavy atom. The molecule has 1 amide bonds. The number of nitrogens with zero attached hydrogens (tertiary/aromatic N) is 3. The molecular weight excluding hydrogens is 352 g/mol. The van der Waals surface area contributed by atoms with Crippen LogP contribution in [0, 0.1) is 0 Å². The molecule has 0 fully saturated rings. The Labute approximate surface area is 164 Å². The van der Waals surface area contributed by atoms with Crippen LogP contribution in [0.4, 0.5) is 5.82 Å². The van der Waals surface area contributed by atoms with Gasteiger partial charge in [0.1, 0.15) is 0 Å². The number of amides is 1. The molecule has 1 N–H and O–H groups in total. The van der Waals surface area contributed by atoms with Gasteiger partial charge in [-0.25, -0.2) is 4.98 Å². The number of para-hydroxylation sites is 2. The first kappa shape index (κ1) is 19.6. The van der Waals surface area contributed by atoms with Crippen molar-refractivity contribution in [1.29, 1.82) is 0 Å². The summed E-state index contributed by atoms with van der Waals surface area (Å²) >= 11 is 0. The van der Waals surface area contributed by atoms with Crippen LogP contribution in [0.5, 0.6) is 0 Å². The fourth-order valence-corrected chi connectivity index (χ4v) is 3.28.